The van der Waals surface area contributed by atoms with Gasteiger partial charge in [-0.05, 0) is 42.3 Å². The van der Waals surface area contributed by atoms with Crippen molar-refractivity contribution in [1.29, 1.82) is 0 Å². The molecule has 0 aliphatic heterocycles. The van der Waals surface area contributed by atoms with Gasteiger partial charge in [0.1, 0.15) is 12.4 Å². The fraction of sp³-hybridized carbons (Fsp3) is 0.286. The number of carbonyl (C=O) groups is 2. The van der Waals surface area contributed by atoms with E-state index in [1.807, 2.05) is 12.1 Å². The standard InChI is InChI=1S/C21H23F3N6O3/c1-12(31)27-19-28-15-4-2-13(10-16(15)29-19)6-8-26-20(32)30-17-11-14(21(22,23)24)3-5-18(17)33-9-7-25/h2-5,10-11H,6-9,25H2,1H3,(H2,26,30,32)(H2,27,28,29,31). The summed E-state index contributed by atoms with van der Waals surface area (Å²) in [6.45, 7) is 1.85. The van der Waals surface area contributed by atoms with Gasteiger partial charge in [0, 0.05) is 20.0 Å². The number of aromatic amines is 1. The minimum Gasteiger partial charge on any atom is -0.490 e. The lowest BCUT2D eigenvalue weighted by atomic mass is 10.1. The van der Waals surface area contributed by atoms with Crippen LogP contribution in [0.4, 0.5) is 29.6 Å². The second kappa shape index (κ2) is 10.2. The number of amides is 3. The topological polar surface area (TPSA) is 134 Å². The zero-order valence-electron chi connectivity index (χ0n) is 17.7. The van der Waals surface area contributed by atoms with E-state index in [1.165, 1.54) is 6.92 Å². The second-order valence-electron chi connectivity index (χ2n) is 7.09. The number of aromatic nitrogens is 2. The summed E-state index contributed by atoms with van der Waals surface area (Å²) in [4.78, 5) is 30.6. The molecule has 1 aromatic heterocycles. The molecule has 0 spiro atoms. The molecule has 0 atom stereocenters. The number of urea groups is 1. The van der Waals surface area contributed by atoms with Crippen LogP contribution < -0.4 is 26.4 Å². The number of rotatable bonds is 8. The molecule has 0 unspecified atom stereocenters. The molecule has 3 amide bonds. The van der Waals surface area contributed by atoms with E-state index in [0.717, 1.165) is 23.8 Å². The van der Waals surface area contributed by atoms with Gasteiger partial charge in [-0.15, -0.1) is 0 Å². The van der Waals surface area contributed by atoms with E-state index in [4.69, 9.17) is 10.5 Å². The minimum atomic E-state index is -4.57. The van der Waals surface area contributed by atoms with Crippen LogP contribution in [-0.4, -0.2) is 41.6 Å². The molecule has 33 heavy (non-hydrogen) atoms. The van der Waals surface area contributed by atoms with Crippen LogP contribution in [0.1, 0.15) is 18.1 Å². The largest absolute Gasteiger partial charge is 0.490 e. The molecule has 3 aromatic rings. The number of halogens is 3. The predicted molar refractivity (Wildman–Crippen MR) is 117 cm³/mol. The SMILES string of the molecule is CC(=O)Nc1nc2ccc(CCNC(=O)Nc3cc(C(F)(F)F)ccc3OCCN)cc2[nH]1. The third-order valence-electron chi connectivity index (χ3n) is 4.47. The number of ether oxygens (including phenoxy) is 1. The van der Waals surface area contributed by atoms with E-state index in [9.17, 15) is 22.8 Å². The lowest BCUT2D eigenvalue weighted by Gasteiger charge is -2.15. The number of nitrogens with two attached hydrogens (primary N) is 1. The van der Waals surface area contributed by atoms with Crippen molar-refractivity contribution in [3.63, 3.8) is 0 Å². The zero-order valence-corrected chi connectivity index (χ0v) is 17.7. The number of benzene rings is 2. The number of alkyl halides is 3. The molecule has 6 N–H and O–H groups in total. The highest BCUT2D eigenvalue weighted by molar-refractivity contribution is 5.91. The van der Waals surface area contributed by atoms with E-state index >= 15 is 0 Å². The van der Waals surface area contributed by atoms with Gasteiger partial charge in [0.15, 0.2) is 0 Å². The van der Waals surface area contributed by atoms with Crippen LogP contribution in [0.2, 0.25) is 0 Å². The fourth-order valence-corrected chi connectivity index (χ4v) is 3.02. The Bertz CT molecular complexity index is 1150. The molecule has 3 rings (SSSR count). The Morgan fingerprint density at radius 3 is 2.64 bits per heavy atom. The lowest BCUT2D eigenvalue weighted by molar-refractivity contribution is -0.137. The van der Waals surface area contributed by atoms with Crippen molar-refractivity contribution in [2.45, 2.75) is 19.5 Å². The summed E-state index contributed by atoms with van der Waals surface area (Å²) in [5, 5.41) is 7.57. The molecule has 2 aromatic carbocycles. The number of carbonyl (C=O) groups excluding carboxylic acids is 2. The van der Waals surface area contributed by atoms with Gasteiger partial charge in [0.2, 0.25) is 11.9 Å². The minimum absolute atomic E-state index is 0.0847. The summed E-state index contributed by atoms with van der Waals surface area (Å²) in [6, 6.07) is 7.58. The smallest absolute Gasteiger partial charge is 0.416 e. The average Bonchev–Trinajstić information content (AvgIpc) is 3.12. The highest BCUT2D eigenvalue weighted by atomic mass is 19.4. The molecule has 0 aliphatic rings. The van der Waals surface area contributed by atoms with Crippen molar-refractivity contribution < 1.29 is 27.5 Å². The quantitative estimate of drug-likeness (QED) is 0.349. The highest BCUT2D eigenvalue weighted by Gasteiger charge is 2.31. The first-order valence-electron chi connectivity index (χ1n) is 10.0. The van der Waals surface area contributed by atoms with Gasteiger partial charge < -0.3 is 26.1 Å². The summed E-state index contributed by atoms with van der Waals surface area (Å²) in [6.07, 6.45) is -4.11. The molecule has 1 heterocycles. The maximum Gasteiger partial charge on any atom is 0.416 e. The molecule has 0 aliphatic carbocycles. The Balaban J connectivity index is 1.61. The molecule has 0 saturated heterocycles. The summed E-state index contributed by atoms with van der Waals surface area (Å²) < 4.78 is 44.4. The maximum atomic E-state index is 13.0. The number of nitrogens with zero attached hydrogens (tertiary/aromatic N) is 1. The molecule has 9 nitrogen and oxygen atoms in total. The molecule has 0 bridgehead atoms. The van der Waals surface area contributed by atoms with E-state index in [-0.39, 0.29) is 37.0 Å². The number of hydrogen-bond acceptors (Lipinski definition) is 5. The van der Waals surface area contributed by atoms with E-state index in [0.29, 0.717) is 23.4 Å². The summed E-state index contributed by atoms with van der Waals surface area (Å²) >= 11 is 0. The molecule has 0 fully saturated rings. The fourth-order valence-electron chi connectivity index (χ4n) is 3.02. The molecular formula is C21H23F3N6O3. The van der Waals surface area contributed by atoms with Crippen molar-refractivity contribution >= 4 is 34.6 Å². The Kier molecular flexibility index (Phi) is 7.38. The van der Waals surface area contributed by atoms with Crippen LogP contribution in [0.25, 0.3) is 11.0 Å². The number of anilines is 2. The number of fused-ring (bicyclic) bond motifs is 1. The summed E-state index contributed by atoms with van der Waals surface area (Å²) in [7, 11) is 0. The molecule has 12 heteroatoms. The van der Waals surface area contributed by atoms with Crippen molar-refractivity contribution in [2.75, 3.05) is 30.3 Å². The van der Waals surface area contributed by atoms with E-state index in [2.05, 4.69) is 25.9 Å². The van der Waals surface area contributed by atoms with Crippen molar-refractivity contribution in [3.05, 3.63) is 47.5 Å². The third kappa shape index (κ3) is 6.59. The zero-order chi connectivity index (χ0) is 24.0. The van der Waals surface area contributed by atoms with Gasteiger partial charge in [-0.3, -0.25) is 10.1 Å². The first-order valence-corrected chi connectivity index (χ1v) is 10.0. The van der Waals surface area contributed by atoms with Crippen LogP contribution in [0.5, 0.6) is 5.75 Å². The Morgan fingerprint density at radius 1 is 1.15 bits per heavy atom. The number of imidazole rings is 1. The van der Waals surface area contributed by atoms with Gasteiger partial charge in [-0.25, -0.2) is 9.78 Å². The Morgan fingerprint density at radius 2 is 1.94 bits per heavy atom. The molecule has 0 saturated carbocycles. The van der Waals surface area contributed by atoms with Crippen molar-refractivity contribution in [3.8, 4) is 5.75 Å². The molecule has 0 radical (unpaired) electrons. The maximum absolute atomic E-state index is 13.0. The summed E-state index contributed by atoms with van der Waals surface area (Å²) in [5.74, 6) is 0.172. The Labute approximate surface area is 186 Å². The van der Waals surface area contributed by atoms with Crippen LogP contribution >= 0.6 is 0 Å². The van der Waals surface area contributed by atoms with Gasteiger partial charge in [-0.2, -0.15) is 13.2 Å². The first-order chi connectivity index (χ1) is 15.7. The molecule has 176 valence electrons. The monoisotopic (exact) mass is 464 g/mol. The third-order valence-corrected chi connectivity index (χ3v) is 4.47. The lowest BCUT2D eigenvalue weighted by Crippen LogP contribution is -2.30. The first kappa shape index (κ1) is 23.9. The average molecular weight is 464 g/mol. The van der Waals surface area contributed by atoms with Gasteiger partial charge in [-0.1, -0.05) is 6.07 Å². The van der Waals surface area contributed by atoms with Crippen molar-refractivity contribution in [1.82, 2.24) is 15.3 Å². The van der Waals surface area contributed by atoms with Gasteiger partial charge in [0.25, 0.3) is 0 Å². The second-order valence-corrected chi connectivity index (χ2v) is 7.09. The Hall–Kier alpha value is -3.80. The van der Waals surface area contributed by atoms with Crippen LogP contribution in [-0.2, 0) is 17.4 Å². The normalized spacial score (nSPS) is 11.3. The summed E-state index contributed by atoms with van der Waals surface area (Å²) in [5.41, 5.74) is 6.62. The van der Waals surface area contributed by atoms with E-state index in [1.54, 1.807) is 6.07 Å². The molecular weight excluding hydrogens is 441 g/mol. The predicted octanol–water partition coefficient (Wildman–Crippen LogP) is 3.24. The number of H-pyrrole nitrogens is 1. The van der Waals surface area contributed by atoms with E-state index < -0.39 is 17.8 Å². The van der Waals surface area contributed by atoms with Crippen molar-refractivity contribution in [2.24, 2.45) is 5.73 Å². The van der Waals surface area contributed by atoms with Gasteiger partial charge in [0.05, 0.1) is 22.3 Å². The van der Waals surface area contributed by atoms with Crippen LogP contribution in [0.15, 0.2) is 36.4 Å². The number of nitrogens with one attached hydrogen (secondary N) is 4. The van der Waals surface area contributed by atoms with Gasteiger partial charge >= 0.3 is 12.2 Å². The highest BCUT2D eigenvalue weighted by Crippen LogP contribution is 2.35. The number of hydrogen-bond donors (Lipinski definition) is 5. The van der Waals surface area contributed by atoms with Crippen LogP contribution in [0.3, 0.4) is 0 Å². The van der Waals surface area contributed by atoms with Crippen LogP contribution in [0, 0.1) is 0 Å².